The molecule has 0 unspecified atom stereocenters. The summed E-state index contributed by atoms with van der Waals surface area (Å²) in [7, 11) is 3.20. The summed E-state index contributed by atoms with van der Waals surface area (Å²) in [6.07, 6.45) is 2.98. The van der Waals surface area contributed by atoms with Gasteiger partial charge in [-0.2, -0.15) is 5.10 Å². The minimum atomic E-state index is -0.537. The molecule has 0 aliphatic rings. The molecule has 0 saturated heterocycles. The number of esters is 1. The predicted molar refractivity (Wildman–Crippen MR) is 70.3 cm³/mol. The Morgan fingerprint density at radius 2 is 1.95 bits per heavy atom. The van der Waals surface area contributed by atoms with Gasteiger partial charge in [0, 0.05) is 14.1 Å². The van der Waals surface area contributed by atoms with Gasteiger partial charge in [0.2, 0.25) is 0 Å². The first-order valence-corrected chi connectivity index (χ1v) is 5.90. The molecule has 0 atom stereocenters. The van der Waals surface area contributed by atoms with Crippen molar-refractivity contribution in [3.63, 3.8) is 0 Å². The van der Waals surface area contributed by atoms with Gasteiger partial charge in [-0.25, -0.2) is 14.5 Å². The number of hydrogen-bond donors (Lipinski definition) is 0. The molecule has 1 heterocycles. The van der Waals surface area contributed by atoms with Crippen LogP contribution in [0.2, 0.25) is 0 Å². The smallest absolute Gasteiger partial charge is 0.338 e. The molecule has 1 amide bonds. The Bertz CT molecular complexity index is 591. The van der Waals surface area contributed by atoms with Crippen molar-refractivity contribution in [2.24, 2.45) is 0 Å². The summed E-state index contributed by atoms with van der Waals surface area (Å²) >= 11 is 0. The second kappa shape index (κ2) is 5.96. The van der Waals surface area contributed by atoms with Crippen LogP contribution in [0.5, 0.6) is 0 Å². The number of nitrogens with zero attached hydrogens (tertiary/aromatic N) is 4. The Morgan fingerprint density at radius 3 is 2.50 bits per heavy atom. The van der Waals surface area contributed by atoms with Crippen molar-refractivity contribution in [1.82, 2.24) is 19.7 Å². The van der Waals surface area contributed by atoms with Crippen molar-refractivity contribution in [3.8, 4) is 5.69 Å². The van der Waals surface area contributed by atoms with Gasteiger partial charge in [-0.15, -0.1) is 0 Å². The number of ether oxygens (including phenoxy) is 1. The Morgan fingerprint density at radius 1 is 1.25 bits per heavy atom. The number of hydrogen-bond acceptors (Lipinski definition) is 5. The standard InChI is InChI=1S/C13H14N4O3/c1-16(2)12(18)7-20-13(19)10-3-5-11(6-4-10)17-9-14-8-15-17/h3-6,8-9H,7H2,1-2H3. The highest BCUT2D eigenvalue weighted by atomic mass is 16.5. The average molecular weight is 274 g/mol. The summed E-state index contributed by atoms with van der Waals surface area (Å²) < 4.78 is 6.49. The third-order valence-corrected chi connectivity index (χ3v) is 2.61. The molecule has 0 aliphatic heterocycles. The summed E-state index contributed by atoms with van der Waals surface area (Å²) in [6.45, 7) is -0.267. The topological polar surface area (TPSA) is 77.3 Å². The van der Waals surface area contributed by atoms with Gasteiger partial charge in [-0.3, -0.25) is 4.79 Å². The van der Waals surface area contributed by atoms with E-state index in [1.165, 1.54) is 11.2 Å². The SMILES string of the molecule is CN(C)C(=O)COC(=O)c1ccc(-n2cncn2)cc1. The molecular formula is C13H14N4O3. The fourth-order valence-corrected chi connectivity index (χ4v) is 1.43. The monoisotopic (exact) mass is 274 g/mol. The van der Waals surface area contributed by atoms with E-state index in [1.54, 1.807) is 49.4 Å². The molecule has 0 fully saturated rings. The molecule has 0 bridgehead atoms. The van der Waals surface area contributed by atoms with E-state index in [2.05, 4.69) is 10.1 Å². The fraction of sp³-hybridized carbons (Fsp3) is 0.231. The lowest BCUT2D eigenvalue weighted by molar-refractivity contribution is -0.131. The molecule has 1 aromatic heterocycles. The van der Waals surface area contributed by atoms with Gasteiger partial charge in [0.15, 0.2) is 6.61 Å². The first-order valence-electron chi connectivity index (χ1n) is 5.90. The fourth-order valence-electron chi connectivity index (χ4n) is 1.43. The Hall–Kier alpha value is -2.70. The lowest BCUT2D eigenvalue weighted by Gasteiger charge is -2.10. The first kappa shape index (κ1) is 13.7. The molecule has 0 aliphatic carbocycles. The summed E-state index contributed by atoms with van der Waals surface area (Å²) in [4.78, 5) is 28.3. The number of likely N-dealkylation sites (N-methyl/N-ethyl adjacent to an activating group) is 1. The number of amides is 1. The number of benzene rings is 1. The van der Waals surface area contributed by atoms with Crippen molar-refractivity contribution >= 4 is 11.9 Å². The van der Waals surface area contributed by atoms with E-state index in [0.29, 0.717) is 5.56 Å². The zero-order chi connectivity index (χ0) is 14.5. The maximum Gasteiger partial charge on any atom is 0.338 e. The second-order valence-electron chi connectivity index (χ2n) is 4.25. The van der Waals surface area contributed by atoms with Crippen molar-refractivity contribution in [1.29, 1.82) is 0 Å². The van der Waals surface area contributed by atoms with Crippen LogP contribution in [0.1, 0.15) is 10.4 Å². The Balaban J connectivity index is 1.99. The van der Waals surface area contributed by atoms with Gasteiger partial charge in [0.25, 0.3) is 5.91 Å². The van der Waals surface area contributed by atoms with Crippen LogP contribution in [0.15, 0.2) is 36.9 Å². The first-order chi connectivity index (χ1) is 9.58. The van der Waals surface area contributed by atoms with Gasteiger partial charge in [-0.05, 0) is 24.3 Å². The number of carbonyl (C=O) groups excluding carboxylic acids is 2. The lowest BCUT2D eigenvalue weighted by Crippen LogP contribution is -2.27. The summed E-state index contributed by atoms with van der Waals surface area (Å²) in [5, 5.41) is 3.98. The van der Waals surface area contributed by atoms with Gasteiger partial charge in [0.1, 0.15) is 12.7 Å². The molecular weight excluding hydrogens is 260 g/mol. The normalized spacial score (nSPS) is 10.1. The number of rotatable bonds is 4. The van der Waals surface area contributed by atoms with E-state index >= 15 is 0 Å². The van der Waals surface area contributed by atoms with E-state index in [4.69, 9.17) is 4.74 Å². The third kappa shape index (κ3) is 3.19. The summed E-state index contributed by atoms with van der Waals surface area (Å²) in [6, 6.07) is 6.66. The molecule has 2 aromatic rings. The number of carbonyl (C=O) groups is 2. The highest BCUT2D eigenvalue weighted by Gasteiger charge is 2.11. The zero-order valence-electron chi connectivity index (χ0n) is 11.2. The van der Waals surface area contributed by atoms with E-state index < -0.39 is 5.97 Å². The molecule has 0 saturated carbocycles. The molecule has 0 radical (unpaired) electrons. The van der Waals surface area contributed by atoms with Gasteiger partial charge >= 0.3 is 5.97 Å². The Kier molecular flexibility index (Phi) is 4.09. The van der Waals surface area contributed by atoms with Crippen molar-refractivity contribution < 1.29 is 14.3 Å². The quantitative estimate of drug-likeness (QED) is 0.759. The maximum atomic E-state index is 11.7. The molecule has 0 N–H and O–H groups in total. The minimum Gasteiger partial charge on any atom is -0.452 e. The largest absolute Gasteiger partial charge is 0.452 e. The van der Waals surface area contributed by atoms with E-state index in [-0.39, 0.29) is 12.5 Å². The molecule has 0 spiro atoms. The van der Waals surface area contributed by atoms with Crippen LogP contribution in [0.25, 0.3) is 5.69 Å². The van der Waals surface area contributed by atoms with Crippen LogP contribution in [-0.4, -0.2) is 52.2 Å². The van der Waals surface area contributed by atoms with Crippen molar-refractivity contribution in [3.05, 3.63) is 42.5 Å². The van der Waals surface area contributed by atoms with E-state index in [1.807, 2.05) is 0 Å². The van der Waals surface area contributed by atoms with Gasteiger partial charge in [-0.1, -0.05) is 0 Å². The van der Waals surface area contributed by atoms with E-state index in [0.717, 1.165) is 5.69 Å². The maximum absolute atomic E-state index is 11.7. The van der Waals surface area contributed by atoms with Crippen LogP contribution in [-0.2, 0) is 9.53 Å². The van der Waals surface area contributed by atoms with Crippen molar-refractivity contribution in [2.45, 2.75) is 0 Å². The second-order valence-corrected chi connectivity index (χ2v) is 4.25. The van der Waals surface area contributed by atoms with Crippen LogP contribution in [0, 0.1) is 0 Å². The molecule has 1 aromatic carbocycles. The highest BCUT2D eigenvalue weighted by Crippen LogP contribution is 2.09. The lowest BCUT2D eigenvalue weighted by atomic mass is 10.2. The predicted octanol–water partition coefficient (Wildman–Crippen LogP) is 0.512. The highest BCUT2D eigenvalue weighted by molar-refractivity contribution is 5.91. The summed E-state index contributed by atoms with van der Waals surface area (Å²) in [5.41, 5.74) is 1.16. The molecule has 2 rings (SSSR count). The van der Waals surface area contributed by atoms with Crippen LogP contribution in [0.4, 0.5) is 0 Å². The zero-order valence-corrected chi connectivity index (χ0v) is 11.2. The molecule has 104 valence electrons. The van der Waals surface area contributed by atoms with Gasteiger partial charge < -0.3 is 9.64 Å². The molecule has 20 heavy (non-hydrogen) atoms. The molecule has 7 heteroatoms. The van der Waals surface area contributed by atoms with E-state index in [9.17, 15) is 9.59 Å². The van der Waals surface area contributed by atoms with Crippen LogP contribution in [0.3, 0.4) is 0 Å². The molecule has 7 nitrogen and oxygen atoms in total. The number of aromatic nitrogens is 3. The van der Waals surface area contributed by atoms with Gasteiger partial charge in [0.05, 0.1) is 11.3 Å². The van der Waals surface area contributed by atoms with Crippen LogP contribution < -0.4 is 0 Å². The third-order valence-electron chi connectivity index (χ3n) is 2.61. The van der Waals surface area contributed by atoms with Crippen LogP contribution >= 0.6 is 0 Å². The Labute approximate surface area is 115 Å². The minimum absolute atomic E-state index is 0.266. The van der Waals surface area contributed by atoms with Crippen molar-refractivity contribution in [2.75, 3.05) is 20.7 Å². The summed E-state index contributed by atoms with van der Waals surface area (Å²) in [5.74, 6) is -0.803. The average Bonchev–Trinajstić information content (AvgIpc) is 2.98.